The molecule has 3 aromatic rings. The van der Waals surface area contributed by atoms with Gasteiger partial charge in [0.05, 0.1) is 22.8 Å². The van der Waals surface area contributed by atoms with E-state index in [9.17, 15) is 18.5 Å². The van der Waals surface area contributed by atoms with E-state index in [-0.39, 0.29) is 24.4 Å². The molecule has 2 aromatic carbocycles. The van der Waals surface area contributed by atoms with E-state index >= 15 is 0 Å². The number of phenols is 1. The van der Waals surface area contributed by atoms with Crippen molar-refractivity contribution in [3.05, 3.63) is 101 Å². The van der Waals surface area contributed by atoms with E-state index in [0.717, 1.165) is 16.8 Å². The van der Waals surface area contributed by atoms with Crippen molar-refractivity contribution in [1.82, 2.24) is 4.98 Å². The van der Waals surface area contributed by atoms with Gasteiger partial charge in [0.1, 0.15) is 18.1 Å². The van der Waals surface area contributed by atoms with Crippen LogP contribution in [0.3, 0.4) is 0 Å². The quantitative estimate of drug-likeness (QED) is 0.342. The van der Waals surface area contributed by atoms with Crippen LogP contribution in [-0.2, 0) is 14.5 Å². The number of aromatic nitrogens is 1. The Balaban J connectivity index is 1.42. The number of allylic oxidation sites excluding steroid dienone is 1. The topological polar surface area (TPSA) is 106 Å². The molecule has 9 heteroatoms. The Bertz CT molecular complexity index is 1390. The van der Waals surface area contributed by atoms with Gasteiger partial charge in [-0.2, -0.15) is 0 Å². The normalized spacial score (nSPS) is 21.1. The van der Waals surface area contributed by atoms with E-state index in [1.165, 1.54) is 0 Å². The molecule has 2 aliphatic heterocycles. The fourth-order valence-electron chi connectivity index (χ4n) is 4.98. The standard InChI is InChI=1S/C28H28BNO6S/c31-23-12-9-20(10-13-23)16-21(25-8-4-5-15-30-25)11-14-26-28-22(18-35-24-6-2-1-3-7-24)19-37(33,34)27(28)17-29(32)36-26/h1-10,12-13,15-16,26-27,31-32H,11,14,17-19H2/b21-16-/t26-,27+/m1/s1. The van der Waals surface area contributed by atoms with Crippen LogP contribution in [-0.4, -0.2) is 54.4 Å². The Morgan fingerprint density at radius 3 is 2.57 bits per heavy atom. The zero-order chi connectivity index (χ0) is 25.8. The van der Waals surface area contributed by atoms with Gasteiger partial charge >= 0.3 is 7.12 Å². The van der Waals surface area contributed by atoms with Gasteiger partial charge in [-0.3, -0.25) is 4.98 Å². The highest BCUT2D eigenvalue weighted by atomic mass is 32.2. The number of fused-ring (bicyclic) bond motifs is 1. The van der Waals surface area contributed by atoms with Gasteiger partial charge in [0, 0.05) is 12.5 Å². The number of aromatic hydroxyl groups is 1. The summed E-state index contributed by atoms with van der Waals surface area (Å²) in [6, 6.07) is 21.9. The van der Waals surface area contributed by atoms with Crippen molar-refractivity contribution in [2.45, 2.75) is 30.5 Å². The highest BCUT2D eigenvalue weighted by molar-refractivity contribution is 7.92. The zero-order valence-corrected chi connectivity index (χ0v) is 21.0. The van der Waals surface area contributed by atoms with Gasteiger partial charge in [0.15, 0.2) is 9.84 Å². The van der Waals surface area contributed by atoms with Crippen LogP contribution in [0, 0.1) is 0 Å². The number of nitrogens with zero attached hydrogens (tertiary/aromatic N) is 1. The summed E-state index contributed by atoms with van der Waals surface area (Å²) in [7, 11) is -4.61. The van der Waals surface area contributed by atoms with E-state index in [0.29, 0.717) is 29.7 Å². The molecular formula is C28H28BNO6S. The zero-order valence-electron chi connectivity index (χ0n) is 20.2. The largest absolute Gasteiger partial charge is 0.508 e. The molecule has 2 atom stereocenters. The van der Waals surface area contributed by atoms with Gasteiger partial charge in [-0.25, -0.2) is 8.42 Å². The Labute approximate surface area is 217 Å². The molecule has 0 aliphatic carbocycles. The summed E-state index contributed by atoms with van der Waals surface area (Å²) in [4.78, 5) is 4.50. The first-order valence-corrected chi connectivity index (χ1v) is 14.0. The lowest BCUT2D eigenvalue weighted by Crippen LogP contribution is -2.42. The molecule has 1 saturated heterocycles. The monoisotopic (exact) mass is 517 g/mol. The number of sulfone groups is 1. The third-order valence-corrected chi connectivity index (χ3v) is 8.77. The minimum absolute atomic E-state index is 0.0272. The maximum Gasteiger partial charge on any atom is 0.456 e. The van der Waals surface area contributed by atoms with Crippen LogP contribution in [0.25, 0.3) is 11.6 Å². The molecule has 0 bridgehead atoms. The molecule has 0 radical (unpaired) electrons. The fraction of sp³-hybridized carbons (Fsp3) is 0.250. The number of hydrogen-bond donors (Lipinski definition) is 2. The molecule has 0 unspecified atom stereocenters. The van der Waals surface area contributed by atoms with Crippen LogP contribution >= 0.6 is 0 Å². The maximum atomic E-state index is 13.0. The van der Waals surface area contributed by atoms with E-state index in [2.05, 4.69) is 4.98 Å². The summed E-state index contributed by atoms with van der Waals surface area (Å²) < 4.78 is 37.9. The molecule has 5 rings (SSSR count). The second kappa shape index (κ2) is 10.9. The third kappa shape index (κ3) is 5.96. The summed E-state index contributed by atoms with van der Waals surface area (Å²) in [5.41, 5.74) is 4.05. The van der Waals surface area contributed by atoms with E-state index in [1.807, 2.05) is 66.7 Å². The second-order valence-electron chi connectivity index (χ2n) is 9.29. The van der Waals surface area contributed by atoms with Gasteiger partial charge in [-0.15, -0.1) is 0 Å². The smallest absolute Gasteiger partial charge is 0.456 e. The van der Waals surface area contributed by atoms with Crippen LogP contribution in [0.5, 0.6) is 11.5 Å². The van der Waals surface area contributed by atoms with Crippen LogP contribution in [0.2, 0.25) is 6.32 Å². The van der Waals surface area contributed by atoms with Crippen LogP contribution in [0.4, 0.5) is 0 Å². The lowest BCUT2D eigenvalue weighted by Gasteiger charge is -2.32. The lowest BCUT2D eigenvalue weighted by atomic mass is 9.74. The fourth-order valence-corrected chi connectivity index (χ4v) is 7.08. The number of rotatable bonds is 8. The maximum absolute atomic E-state index is 13.0. The summed E-state index contributed by atoms with van der Waals surface area (Å²) in [5, 5.41) is 19.3. The molecule has 0 amide bonds. The number of pyridine rings is 1. The number of phenolic OH excluding ortho intramolecular Hbond substituents is 1. The summed E-state index contributed by atoms with van der Waals surface area (Å²) >= 11 is 0. The molecule has 0 saturated carbocycles. The number of benzene rings is 2. The van der Waals surface area contributed by atoms with Crippen LogP contribution in [0.15, 0.2) is 90.1 Å². The first kappa shape index (κ1) is 25.3. The molecule has 7 nitrogen and oxygen atoms in total. The highest BCUT2D eigenvalue weighted by Gasteiger charge is 2.48. The first-order chi connectivity index (χ1) is 17.9. The Morgan fingerprint density at radius 1 is 1.08 bits per heavy atom. The van der Waals surface area contributed by atoms with Crippen LogP contribution < -0.4 is 4.74 Å². The molecule has 2 aliphatic rings. The minimum Gasteiger partial charge on any atom is -0.508 e. The van der Waals surface area contributed by atoms with Gasteiger partial charge in [-0.05, 0) is 77.6 Å². The number of ether oxygens (including phenoxy) is 1. The molecule has 0 spiro atoms. The number of para-hydroxylation sites is 1. The molecule has 2 N–H and O–H groups in total. The SMILES string of the molecule is O=S1(=O)CC(COc2ccccc2)=C2[C@@H](CC/C(=C/c3ccc(O)cc3)c3ccccn3)OB(O)C[C@@H]21. The van der Waals surface area contributed by atoms with Crippen LogP contribution in [0.1, 0.15) is 24.1 Å². The summed E-state index contributed by atoms with van der Waals surface area (Å²) in [6.45, 7) is 0.154. The average Bonchev–Trinajstić information content (AvgIpc) is 3.17. The molecular weight excluding hydrogens is 489 g/mol. The Hall–Kier alpha value is -3.40. The average molecular weight is 517 g/mol. The Kier molecular flexibility index (Phi) is 7.46. The minimum atomic E-state index is -3.45. The van der Waals surface area contributed by atoms with E-state index < -0.39 is 28.3 Å². The molecule has 37 heavy (non-hydrogen) atoms. The third-order valence-electron chi connectivity index (χ3n) is 6.71. The second-order valence-corrected chi connectivity index (χ2v) is 11.5. The van der Waals surface area contributed by atoms with Crippen molar-refractivity contribution >= 4 is 28.6 Å². The van der Waals surface area contributed by atoms with Crippen molar-refractivity contribution in [3.63, 3.8) is 0 Å². The molecule has 1 aromatic heterocycles. The van der Waals surface area contributed by atoms with Gasteiger partial charge in [0.2, 0.25) is 0 Å². The van der Waals surface area contributed by atoms with Crippen molar-refractivity contribution in [2.24, 2.45) is 0 Å². The van der Waals surface area contributed by atoms with E-state index in [1.54, 1.807) is 18.3 Å². The predicted molar refractivity (Wildman–Crippen MR) is 144 cm³/mol. The van der Waals surface area contributed by atoms with Crippen molar-refractivity contribution < 1.29 is 27.9 Å². The number of hydrogen-bond acceptors (Lipinski definition) is 7. The summed E-state index contributed by atoms with van der Waals surface area (Å²) in [5.74, 6) is 0.758. The van der Waals surface area contributed by atoms with E-state index in [4.69, 9.17) is 9.39 Å². The lowest BCUT2D eigenvalue weighted by molar-refractivity contribution is 0.170. The van der Waals surface area contributed by atoms with Crippen molar-refractivity contribution in [1.29, 1.82) is 0 Å². The Morgan fingerprint density at radius 2 is 1.84 bits per heavy atom. The molecule has 190 valence electrons. The van der Waals surface area contributed by atoms with Gasteiger partial charge in [-0.1, -0.05) is 36.4 Å². The highest BCUT2D eigenvalue weighted by Crippen LogP contribution is 2.40. The summed E-state index contributed by atoms with van der Waals surface area (Å²) in [6.07, 6.45) is 4.19. The first-order valence-electron chi connectivity index (χ1n) is 12.2. The van der Waals surface area contributed by atoms with Crippen molar-refractivity contribution in [3.8, 4) is 11.5 Å². The van der Waals surface area contributed by atoms with Gasteiger partial charge in [0.25, 0.3) is 0 Å². The van der Waals surface area contributed by atoms with Gasteiger partial charge < -0.3 is 19.5 Å². The molecule has 1 fully saturated rings. The van der Waals surface area contributed by atoms with Crippen molar-refractivity contribution in [2.75, 3.05) is 12.4 Å². The predicted octanol–water partition coefficient (Wildman–Crippen LogP) is 4.16. The molecule has 3 heterocycles.